The average Bonchev–Trinajstić information content (AvgIpc) is 3.32. The highest BCUT2D eigenvalue weighted by Crippen LogP contribution is 2.34. The van der Waals surface area contributed by atoms with Crippen molar-refractivity contribution in [3.63, 3.8) is 0 Å². The standard InChI is InChI=1S/C22H26N6O/c1-27-13-15(12-23-27)14-3-6-19(21(29)9-14)20-7-8-22(26-25-20)28(2)18-10-16-4-5-17(11-18)24-16/h3,6-9,12-13,16-18,24,29H,4-5,10-11H2,1-2H3/t16-,17+,18?. The lowest BCUT2D eigenvalue weighted by molar-refractivity contribution is 0.353. The molecular weight excluding hydrogens is 364 g/mol. The minimum atomic E-state index is 0.191. The number of rotatable bonds is 4. The zero-order chi connectivity index (χ0) is 20.0. The van der Waals surface area contributed by atoms with Crippen LogP contribution in [0.1, 0.15) is 25.7 Å². The van der Waals surface area contributed by atoms with E-state index in [1.165, 1.54) is 12.8 Å². The normalized spacial score (nSPS) is 23.3. The summed E-state index contributed by atoms with van der Waals surface area (Å²) in [5, 5.41) is 27.3. The molecule has 0 radical (unpaired) electrons. The zero-order valence-corrected chi connectivity index (χ0v) is 16.8. The van der Waals surface area contributed by atoms with Crippen molar-refractivity contribution in [2.45, 2.75) is 43.8 Å². The van der Waals surface area contributed by atoms with E-state index < -0.39 is 0 Å². The summed E-state index contributed by atoms with van der Waals surface area (Å²) in [6.45, 7) is 0. The fourth-order valence-electron chi connectivity index (χ4n) is 4.69. The van der Waals surface area contributed by atoms with Gasteiger partial charge in [0.05, 0.1) is 11.9 Å². The molecule has 0 spiro atoms. The van der Waals surface area contributed by atoms with Crippen molar-refractivity contribution < 1.29 is 5.11 Å². The predicted octanol–water partition coefficient (Wildman–Crippen LogP) is 2.97. The Morgan fingerprint density at radius 3 is 2.48 bits per heavy atom. The summed E-state index contributed by atoms with van der Waals surface area (Å²) in [5.74, 6) is 1.07. The highest BCUT2D eigenvalue weighted by Gasteiger charge is 2.35. The van der Waals surface area contributed by atoms with E-state index in [0.29, 0.717) is 29.4 Å². The second-order valence-electron chi connectivity index (χ2n) is 8.29. The summed E-state index contributed by atoms with van der Waals surface area (Å²) in [6, 6.07) is 11.3. The van der Waals surface area contributed by atoms with Crippen LogP contribution in [0.3, 0.4) is 0 Å². The summed E-state index contributed by atoms with van der Waals surface area (Å²) in [6.07, 6.45) is 8.60. The fourth-order valence-corrected chi connectivity index (χ4v) is 4.69. The van der Waals surface area contributed by atoms with Crippen LogP contribution in [0.15, 0.2) is 42.7 Å². The molecule has 2 bridgehead atoms. The van der Waals surface area contributed by atoms with Crippen LogP contribution in [-0.4, -0.2) is 50.3 Å². The number of phenols is 1. The smallest absolute Gasteiger partial charge is 0.151 e. The van der Waals surface area contributed by atoms with Gasteiger partial charge in [0.25, 0.3) is 0 Å². The number of aryl methyl sites for hydroxylation is 1. The number of nitrogens with zero attached hydrogens (tertiary/aromatic N) is 5. The van der Waals surface area contributed by atoms with E-state index >= 15 is 0 Å². The molecular formula is C22H26N6O. The van der Waals surface area contributed by atoms with E-state index in [1.54, 1.807) is 16.9 Å². The summed E-state index contributed by atoms with van der Waals surface area (Å²) >= 11 is 0. The fraction of sp³-hybridized carbons (Fsp3) is 0.409. The van der Waals surface area contributed by atoms with E-state index in [1.807, 2.05) is 37.5 Å². The Kier molecular flexibility index (Phi) is 4.47. The van der Waals surface area contributed by atoms with Gasteiger partial charge in [0.2, 0.25) is 0 Å². The van der Waals surface area contributed by atoms with E-state index in [2.05, 4.69) is 32.6 Å². The third kappa shape index (κ3) is 3.46. The minimum absolute atomic E-state index is 0.191. The quantitative estimate of drug-likeness (QED) is 0.713. The van der Waals surface area contributed by atoms with Gasteiger partial charge < -0.3 is 15.3 Å². The second kappa shape index (κ2) is 7.15. The third-order valence-corrected chi connectivity index (χ3v) is 6.32. The van der Waals surface area contributed by atoms with Crippen molar-refractivity contribution in [3.05, 3.63) is 42.7 Å². The van der Waals surface area contributed by atoms with E-state index in [-0.39, 0.29) is 5.75 Å². The SMILES string of the molecule is CN(c1ccc(-c2ccc(-c3cnn(C)c3)cc2O)nn1)C1C[C@H]2CC[C@@H](C1)N2. The van der Waals surface area contributed by atoms with Crippen molar-refractivity contribution in [3.8, 4) is 28.1 Å². The van der Waals surface area contributed by atoms with Crippen LogP contribution in [0.5, 0.6) is 5.75 Å². The van der Waals surface area contributed by atoms with Crippen molar-refractivity contribution in [2.24, 2.45) is 7.05 Å². The minimum Gasteiger partial charge on any atom is -0.507 e. The van der Waals surface area contributed by atoms with Gasteiger partial charge >= 0.3 is 0 Å². The van der Waals surface area contributed by atoms with Crippen molar-refractivity contribution in [1.29, 1.82) is 0 Å². The number of piperidine rings is 1. The lowest BCUT2D eigenvalue weighted by atomic mass is 9.98. The number of anilines is 1. The first-order chi connectivity index (χ1) is 14.1. The van der Waals surface area contributed by atoms with E-state index in [4.69, 9.17) is 0 Å². The molecule has 3 atom stereocenters. The summed E-state index contributed by atoms with van der Waals surface area (Å²) < 4.78 is 1.74. The Balaban J connectivity index is 1.34. The second-order valence-corrected chi connectivity index (χ2v) is 8.29. The van der Waals surface area contributed by atoms with Gasteiger partial charge in [-0.15, -0.1) is 10.2 Å². The van der Waals surface area contributed by atoms with Gasteiger partial charge in [0.1, 0.15) is 5.75 Å². The molecule has 29 heavy (non-hydrogen) atoms. The van der Waals surface area contributed by atoms with Gasteiger partial charge in [0.15, 0.2) is 5.82 Å². The summed E-state index contributed by atoms with van der Waals surface area (Å²) in [5.41, 5.74) is 3.24. The first kappa shape index (κ1) is 18.1. The molecule has 5 rings (SSSR count). The zero-order valence-electron chi connectivity index (χ0n) is 16.8. The molecule has 2 aliphatic heterocycles. The Morgan fingerprint density at radius 1 is 1.07 bits per heavy atom. The topological polar surface area (TPSA) is 79.1 Å². The Bertz CT molecular complexity index is 1000. The van der Waals surface area contributed by atoms with Crippen LogP contribution in [0, 0.1) is 0 Å². The van der Waals surface area contributed by atoms with Gasteiger partial charge in [-0.3, -0.25) is 4.68 Å². The first-order valence-electron chi connectivity index (χ1n) is 10.2. The molecule has 150 valence electrons. The lowest BCUT2D eigenvalue weighted by Gasteiger charge is -2.36. The third-order valence-electron chi connectivity index (χ3n) is 6.32. The molecule has 3 aromatic rings. The van der Waals surface area contributed by atoms with Crippen molar-refractivity contribution in [1.82, 2.24) is 25.3 Å². The van der Waals surface area contributed by atoms with Gasteiger partial charge in [0, 0.05) is 49.5 Å². The maximum atomic E-state index is 10.5. The molecule has 2 aromatic heterocycles. The Morgan fingerprint density at radius 2 is 1.86 bits per heavy atom. The van der Waals surface area contributed by atoms with Crippen LogP contribution >= 0.6 is 0 Å². The molecule has 4 heterocycles. The van der Waals surface area contributed by atoms with Gasteiger partial charge in [-0.2, -0.15) is 5.10 Å². The van der Waals surface area contributed by atoms with Crippen LogP contribution in [0.4, 0.5) is 5.82 Å². The molecule has 2 N–H and O–H groups in total. The number of hydrogen-bond acceptors (Lipinski definition) is 6. The number of fused-ring (bicyclic) bond motifs is 2. The van der Waals surface area contributed by atoms with E-state index in [0.717, 1.165) is 29.8 Å². The predicted molar refractivity (Wildman–Crippen MR) is 113 cm³/mol. The molecule has 2 aliphatic rings. The highest BCUT2D eigenvalue weighted by molar-refractivity contribution is 5.73. The number of aromatic nitrogens is 4. The molecule has 7 heteroatoms. The number of hydrogen-bond donors (Lipinski definition) is 2. The largest absolute Gasteiger partial charge is 0.507 e. The van der Waals surface area contributed by atoms with Crippen molar-refractivity contribution >= 4 is 5.82 Å². The number of aromatic hydroxyl groups is 1. The Hall–Kier alpha value is -2.93. The molecule has 0 amide bonds. The van der Waals surface area contributed by atoms with Gasteiger partial charge in [-0.1, -0.05) is 6.07 Å². The van der Waals surface area contributed by atoms with Crippen molar-refractivity contribution in [2.75, 3.05) is 11.9 Å². The Labute approximate surface area is 170 Å². The average molecular weight is 390 g/mol. The molecule has 2 saturated heterocycles. The molecule has 0 aliphatic carbocycles. The van der Waals surface area contributed by atoms with Crippen LogP contribution in [-0.2, 0) is 7.05 Å². The maximum absolute atomic E-state index is 10.5. The monoisotopic (exact) mass is 390 g/mol. The lowest BCUT2D eigenvalue weighted by Crippen LogP contribution is -2.47. The van der Waals surface area contributed by atoms with Crippen LogP contribution < -0.4 is 10.2 Å². The number of benzene rings is 1. The number of phenolic OH excluding ortho intramolecular Hbond substituents is 1. The van der Waals surface area contributed by atoms with E-state index in [9.17, 15) is 5.11 Å². The maximum Gasteiger partial charge on any atom is 0.151 e. The number of nitrogens with one attached hydrogen (secondary N) is 1. The molecule has 2 fully saturated rings. The molecule has 1 unspecified atom stereocenters. The van der Waals surface area contributed by atoms with Gasteiger partial charge in [-0.05, 0) is 55.5 Å². The van der Waals surface area contributed by atoms with Crippen LogP contribution in [0.2, 0.25) is 0 Å². The van der Waals surface area contributed by atoms with Crippen LogP contribution in [0.25, 0.3) is 22.4 Å². The molecule has 0 saturated carbocycles. The summed E-state index contributed by atoms with van der Waals surface area (Å²) in [4.78, 5) is 2.26. The van der Waals surface area contributed by atoms with Gasteiger partial charge in [-0.25, -0.2) is 0 Å². The highest BCUT2D eigenvalue weighted by atomic mass is 16.3. The molecule has 1 aromatic carbocycles. The molecule has 7 nitrogen and oxygen atoms in total. The summed E-state index contributed by atoms with van der Waals surface area (Å²) in [7, 11) is 3.99. The first-order valence-corrected chi connectivity index (χ1v) is 10.2.